The molecule has 0 amide bonds. The molecule has 0 heterocycles. The van der Waals surface area contributed by atoms with Gasteiger partial charge in [0.1, 0.15) is 0 Å². The lowest BCUT2D eigenvalue weighted by atomic mass is 10.8. The molecule has 0 saturated carbocycles. The van der Waals surface area contributed by atoms with Gasteiger partial charge in [-0.1, -0.05) is 0 Å². The first-order chi connectivity index (χ1) is 2.27. The van der Waals surface area contributed by atoms with Gasteiger partial charge in [-0.2, -0.15) is 0 Å². The van der Waals surface area contributed by atoms with Crippen molar-refractivity contribution in [3.8, 4) is 0 Å². The fraction of sp³-hybridized carbons (Fsp3) is 0.500. The Morgan fingerprint density at radius 3 is 2.00 bits per heavy atom. The van der Waals surface area contributed by atoms with Crippen LogP contribution in [0.15, 0.2) is 0 Å². The number of aliphatic carboxylic acids is 1. The first-order valence-electron chi connectivity index (χ1n) is 1.05. The van der Waals surface area contributed by atoms with Crippen LogP contribution >= 0.6 is 0 Å². The van der Waals surface area contributed by atoms with Crippen LogP contribution in [0.5, 0.6) is 0 Å². The van der Waals surface area contributed by atoms with Gasteiger partial charge in [0.25, 0.3) is 0 Å². The van der Waals surface area contributed by atoms with E-state index in [-0.39, 0.29) is 8.41 Å². The minimum Gasteiger partial charge on any atom is -0.479 e. The zero-order chi connectivity index (χ0) is 4.28. The third kappa shape index (κ3) is 9.81. The second-order valence-electron chi connectivity index (χ2n) is 0.527. The minimum absolute atomic E-state index is 0. The van der Waals surface area contributed by atoms with E-state index in [0.29, 0.717) is 0 Å². The molecular weight excluding hydrogens is 85.8 g/mol. The van der Waals surface area contributed by atoms with Crippen LogP contribution in [0.4, 0.5) is 4.39 Å². The van der Waals surface area contributed by atoms with Crippen molar-refractivity contribution < 1.29 is 14.3 Å². The number of alkyl halides is 1. The third-order valence-corrected chi connectivity index (χ3v) is 0.114. The lowest BCUT2D eigenvalue weighted by Crippen LogP contribution is -1.93. The zero-order valence-corrected chi connectivity index (χ0v) is 3.02. The second kappa shape index (κ2) is 4.46. The largest absolute Gasteiger partial charge is 0.479 e. The van der Waals surface area contributed by atoms with Crippen molar-refractivity contribution in [1.29, 1.82) is 0 Å². The van der Waals surface area contributed by atoms with Crippen LogP contribution in [0.3, 0.4) is 0 Å². The minimum atomic E-state index is -1.41. The summed E-state index contributed by atoms with van der Waals surface area (Å²) in [6.45, 7) is -1.28. The molecule has 33 valence electrons. The summed E-state index contributed by atoms with van der Waals surface area (Å²) in [6.07, 6.45) is 0. The van der Waals surface area contributed by atoms with E-state index in [2.05, 4.69) is 0 Å². The van der Waals surface area contributed by atoms with Crippen LogP contribution in [0.1, 0.15) is 0 Å². The Bertz CT molecular complexity index is 46.8. The Labute approximate surface area is 36.5 Å². The van der Waals surface area contributed by atoms with E-state index < -0.39 is 12.6 Å². The highest BCUT2D eigenvalue weighted by Crippen LogP contribution is 1.60. The molecule has 0 saturated heterocycles. The van der Waals surface area contributed by atoms with E-state index in [1.54, 1.807) is 0 Å². The van der Waals surface area contributed by atoms with Crippen molar-refractivity contribution in [3.05, 3.63) is 0 Å². The molecule has 0 aliphatic heterocycles. The van der Waals surface area contributed by atoms with Crippen LogP contribution in [0.2, 0.25) is 0 Å². The van der Waals surface area contributed by atoms with Gasteiger partial charge in [-0.3, -0.25) is 0 Å². The molecule has 0 aromatic carbocycles. The van der Waals surface area contributed by atoms with E-state index in [9.17, 15) is 4.39 Å². The van der Waals surface area contributed by atoms with E-state index in [0.717, 1.165) is 0 Å². The lowest BCUT2D eigenvalue weighted by molar-refractivity contribution is -0.137. The van der Waals surface area contributed by atoms with Crippen molar-refractivity contribution in [2.24, 2.45) is 0 Å². The first-order valence-corrected chi connectivity index (χ1v) is 1.05. The highest BCUT2D eigenvalue weighted by Gasteiger charge is 1.85. The molecule has 2 nitrogen and oxygen atoms in total. The molecule has 0 bridgehead atoms. The van der Waals surface area contributed by atoms with Crippen molar-refractivity contribution >= 4 is 14.4 Å². The van der Waals surface area contributed by atoms with Crippen LogP contribution in [-0.4, -0.2) is 26.2 Å². The number of halogens is 1. The van der Waals surface area contributed by atoms with Gasteiger partial charge in [-0.05, 0) is 0 Å². The number of hydrogen-bond donors (Lipinski definition) is 1. The maximum atomic E-state index is 10.5. The molecule has 0 atom stereocenters. The van der Waals surface area contributed by atoms with E-state index in [1.165, 1.54) is 0 Å². The van der Waals surface area contributed by atoms with Gasteiger partial charge in [0.05, 0.1) is 0 Å². The van der Waals surface area contributed by atoms with E-state index in [1.807, 2.05) is 0 Å². The first kappa shape index (κ1) is 9.07. The molecule has 0 aromatic rings. The maximum absolute atomic E-state index is 10.5. The summed E-state index contributed by atoms with van der Waals surface area (Å²) in [6, 6.07) is 0. The van der Waals surface area contributed by atoms with Gasteiger partial charge in [-0.15, -0.1) is 0 Å². The summed E-state index contributed by atoms with van der Waals surface area (Å²) in [5.74, 6) is -1.41. The van der Waals surface area contributed by atoms with Crippen molar-refractivity contribution in [1.82, 2.24) is 0 Å². The van der Waals surface area contributed by atoms with Gasteiger partial charge < -0.3 is 5.11 Å². The average Bonchev–Trinajstić information content (AvgIpc) is 1.38. The third-order valence-electron chi connectivity index (χ3n) is 0.114. The summed E-state index contributed by atoms with van der Waals surface area (Å²) < 4.78 is 10.5. The molecule has 6 heavy (non-hydrogen) atoms. The van der Waals surface area contributed by atoms with Gasteiger partial charge in [0.2, 0.25) is 0 Å². The highest BCUT2D eigenvalue weighted by atomic mass is 19.1. The number of carbonyl (C=O) groups is 1. The molecule has 0 unspecified atom stereocenters. The van der Waals surface area contributed by atoms with Crippen LogP contribution in [-0.2, 0) is 4.79 Å². The van der Waals surface area contributed by atoms with Crippen LogP contribution in [0.25, 0.3) is 0 Å². The van der Waals surface area contributed by atoms with Gasteiger partial charge in [0.15, 0.2) is 6.67 Å². The van der Waals surface area contributed by atoms with Gasteiger partial charge in [-0.25, -0.2) is 9.18 Å². The smallest absolute Gasteiger partial charge is 0.335 e. The standard InChI is InChI=1S/C2H3FO2.B/c3-1-2(4)5;/h1H2,(H,4,5);. The van der Waals surface area contributed by atoms with Crippen molar-refractivity contribution in [2.75, 3.05) is 6.67 Å². The predicted octanol–water partition coefficient (Wildman–Crippen LogP) is -0.340. The summed E-state index contributed by atoms with van der Waals surface area (Å²) in [4.78, 5) is 8.99. The van der Waals surface area contributed by atoms with Gasteiger partial charge >= 0.3 is 5.97 Å². The Kier molecular flexibility index (Phi) is 6.75. The molecular formula is C2H3BFO2. The molecule has 0 spiro atoms. The molecule has 0 aromatic heterocycles. The summed E-state index contributed by atoms with van der Waals surface area (Å²) in [5.41, 5.74) is 0. The molecule has 0 aliphatic rings. The molecule has 0 fully saturated rings. The van der Waals surface area contributed by atoms with Crippen molar-refractivity contribution in [3.63, 3.8) is 0 Å². The number of hydrogen-bond acceptors (Lipinski definition) is 1. The Balaban J connectivity index is 0. The number of carboxylic acids is 1. The zero-order valence-electron chi connectivity index (χ0n) is 3.02. The Hall–Kier alpha value is -0.535. The normalized spacial score (nSPS) is 6.17. The van der Waals surface area contributed by atoms with E-state index in [4.69, 9.17) is 9.90 Å². The molecule has 4 heteroatoms. The monoisotopic (exact) mass is 89.0 g/mol. The van der Waals surface area contributed by atoms with Crippen molar-refractivity contribution in [2.45, 2.75) is 0 Å². The number of rotatable bonds is 1. The molecule has 0 rings (SSSR count). The predicted molar refractivity (Wildman–Crippen MR) is 19.4 cm³/mol. The molecule has 0 aliphatic carbocycles. The fourth-order valence-electron chi connectivity index (χ4n) is 0. The lowest BCUT2D eigenvalue weighted by Gasteiger charge is -1.69. The maximum Gasteiger partial charge on any atom is 0.335 e. The topological polar surface area (TPSA) is 37.3 Å². The summed E-state index contributed by atoms with van der Waals surface area (Å²) in [5, 5.41) is 7.35. The highest BCUT2D eigenvalue weighted by molar-refractivity contribution is 5.75. The van der Waals surface area contributed by atoms with Crippen LogP contribution in [0, 0.1) is 0 Å². The summed E-state index contributed by atoms with van der Waals surface area (Å²) >= 11 is 0. The molecule has 1 N–H and O–H groups in total. The average molecular weight is 88.9 g/mol. The fourth-order valence-corrected chi connectivity index (χ4v) is 0. The van der Waals surface area contributed by atoms with Gasteiger partial charge in [0, 0.05) is 8.41 Å². The van der Waals surface area contributed by atoms with Crippen LogP contribution < -0.4 is 0 Å². The van der Waals surface area contributed by atoms with E-state index >= 15 is 0 Å². The second-order valence-corrected chi connectivity index (χ2v) is 0.527. The Morgan fingerprint density at radius 2 is 2.00 bits per heavy atom. The summed E-state index contributed by atoms with van der Waals surface area (Å²) in [7, 11) is 0. The number of carboxylic acid groups (broad SMARTS) is 1. The SMILES string of the molecule is O=C(O)CF.[B]. The molecule has 3 radical (unpaired) electrons. The Morgan fingerprint density at radius 1 is 1.83 bits per heavy atom. The quantitative estimate of drug-likeness (QED) is 0.446.